The number of para-hydroxylation sites is 1. The molecule has 0 atom stereocenters. The number of fused-ring (bicyclic) bond motifs is 1. The maximum absolute atomic E-state index is 13.1. The van der Waals surface area contributed by atoms with E-state index in [2.05, 4.69) is 11.1 Å². The van der Waals surface area contributed by atoms with Gasteiger partial charge in [-0.05, 0) is 55.7 Å². The third-order valence-electron chi connectivity index (χ3n) is 3.74. The highest BCUT2D eigenvalue weighted by Crippen LogP contribution is 2.23. The third-order valence-corrected chi connectivity index (χ3v) is 4.77. The number of nitrogens with zero attached hydrogens (tertiary/aromatic N) is 2. The highest BCUT2D eigenvalue weighted by atomic mass is 32.2. The lowest BCUT2D eigenvalue weighted by molar-refractivity contribution is 0.296. The number of aryl methyl sites for hydroxylation is 2. The van der Waals surface area contributed by atoms with Crippen LogP contribution in [0.5, 0.6) is 0 Å². The van der Waals surface area contributed by atoms with Crippen molar-refractivity contribution in [3.63, 3.8) is 0 Å². The summed E-state index contributed by atoms with van der Waals surface area (Å²) in [6.45, 7) is 4.18. The summed E-state index contributed by atoms with van der Waals surface area (Å²) in [4.78, 5) is 17.8. The first-order valence-electron chi connectivity index (χ1n) is 7.94. The third kappa shape index (κ3) is 3.37. The summed E-state index contributed by atoms with van der Waals surface area (Å²) in [6.07, 6.45) is 0.667. The Bertz CT molecular complexity index is 914. The van der Waals surface area contributed by atoms with Gasteiger partial charge in [-0.25, -0.2) is 4.98 Å². The van der Waals surface area contributed by atoms with Crippen LogP contribution in [-0.2, 0) is 0 Å². The van der Waals surface area contributed by atoms with Crippen LogP contribution in [0.4, 0.5) is 0 Å². The van der Waals surface area contributed by atoms with Gasteiger partial charge < -0.3 is 5.11 Å². The van der Waals surface area contributed by atoms with Gasteiger partial charge in [-0.2, -0.15) is 0 Å². The van der Waals surface area contributed by atoms with E-state index in [1.807, 2.05) is 50.2 Å². The van der Waals surface area contributed by atoms with Gasteiger partial charge in [0, 0.05) is 12.4 Å². The van der Waals surface area contributed by atoms with E-state index in [-0.39, 0.29) is 12.2 Å². The zero-order valence-corrected chi connectivity index (χ0v) is 14.6. The van der Waals surface area contributed by atoms with Gasteiger partial charge in [0.15, 0.2) is 5.16 Å². The summed E-state index contributed by atoms with van der Waals surface area (Å²) in [6, 6.07) is 13.5. The molecule has 1 heterocycles. The minimum absolute atomic E-state index is 0.0582. The van der Waals surface area contributed by atoms with Crippen molar-refractivity contribution in [2.75, 3.05) is 12.4 Å². The van der Waals surface area contributed by atoms with Crippen LogP contribution in [0.25, 0.3) is 16.6 Å². The van der Waals surface area contributed by atoms with Crippen molar-refractivity contribution in [3.8, 4) is 5.69 Å². The lowest BCUT2D eigenvalue weighted by Crippen LogP contribution is -2.22. The molecule has 0 aliphatic rings. The predicted molar refractivity (Wildman–Crippen MR) is 99.2 cm³/mol. The number of rotatable bonds is 5. The molecule has 3 aromatic rings. The van der Waals surface area contributed by atoms with E-state index in [9.17, 15) is 4.79 Å². The van der Waals surface area contributed by atoms with E-state index < -0.39 is 0 Å². The standard InChI is InChI=1S/C19H20N2O2S/c1-13-10-14(2)12-15(11-13)21-18(23)16-6-3-4-7-17(16)20-19(21)24-9-5-8-22/h3-4,6-7,10-12,22H,5,8-9H2,1-2H3. The molecule has 0 bridgehead atoms. The number of aliphatic hydroxyl groups excluding tert-OH is 1. The minimum atomic E-state index is -0.0582. The molecule has 0 spiro atoms. The second-order valence-corrected chi connectivity index (χ2v) is 6.89. The molecule has 0 aliphatic heterocycles. The molecule has 4 nitrogen and oxygen atoms in total. The SMILES string of the molecule is Cc1cc(C)cc(-n2c(SCCCO)nc3ccccc3c2=O)c1. The lowest BCUT2D eigenvalue weighted by atomic mass is 10.1. The van der Waals surface area contributed by atoms with Gasteiger partial charge in [0.2, 0.25) is 0 Å². The smallest absolute Gasteiger partial charge is 0.266 e. The summed E-state index contributed by atoms with van der Waals surface area (Å²) < 4.78 is 1.68. The Labute approximate surface area is 145 Å². The normalized spacial score (nSPS) is 11.1. The summed E-state index contributed by atoms with van der Waals surface area (Å²) in [5.41, 5.74) is 3.70. The van der Waals surface area contributed by atoms with Crippen molar-refractivity contribution in [1.29, 1.82) is 0 Å². The highest BCUT2D eigenvalue weighted by molar-refractivity contribution is 7.99. The van der Waals surface area contributed by atoms with Crippen molar-refractivity contribution in [2.45, 2.75) is 25.4 Å². The summed E-state index contributed by atoms with van der Waals surface area (Å²) in [5.74, 6) is 0.714. The Hall–Kier alpha value is -2.11. The quantitative estimate of drug-likeness (QED) is 0.439. The molecule has 0 saturated carbocycles. The number of hydrogen-bond donors (Lipinski definition) is 1. The van der Waals surface area contributed by atoms with Crippen LogP contribution in [-0.4, -0.2) is 27.0 Å². The molecule has 0 aliphatic carbocycles. The van der Waals surface area contributed by atoms with E-state index in [0.717, 1.165) is 16.8 Å². The van der Waals surface area contributed by atoms with Crippen LogP contribution >= 0.6 is 11.8 Å². The highest BCUT2D eigenvalue weighted by Gasteiger charge is 2.13. The monoisotopic (exact) mass is 340 g/mol. The summed E-state index contributed by atoms with van der Waals surface area (Å²) in [7, 11) is 0. The minimum Gasteiger partial charge on any atom is -0.396 e. The van der Waals surface area contributed by atoms with Gasteiger partial charge in [-0.1, -0.05) is 30.0 Å². The molecule has 0 unspecified atom stereocenters. The number of hydrogen-bond acceptors (Lipinski definition) is 4. The van der Waals surface area contributed by atoms with Gasteiger partial charge in [0.25, 0.3) is 5.56 Å². The van der Waals surface area contributed by atoms with Gasteiger partial charge >= 0.3 is 0 Å². The first-order valence-corrected chi connectivity index (χ1v) is 8.93. The molecule has 2 aromatic carbocycles. The second-order valence-electron chi connectivity index (χ2n) is 5.82. The Kier molecular flexibility index (Phi) is 5.02. The molecule has 0 amide bonds. The Balaban J connectivity index is 2.24. The van der Waals surface area contributed by atoms with Crippen LogP contribution in [0.15, 0.2) is 52.4 Å². The van der Waals surface area contributed by atoms with Crippen LogP contribution < -0.4 is 5.56 Å². The largest absolute Gasteiger partial charge is 0.396 e. The van der Waals surface area contributed by atoms with Crippen molar-refractivity contribution in [3.05, 3.63) is 63.9 Å². The topological polar surface area (TPSA) is 55.1 Å². The van der Waals surface area contributed by atoms with Crippen molar-refractivity contribution < 1.29 is 5.11 Å². The summed E-state index contributed by atoms with van der Waals surface area (Å²) in [5, 5.41) is 10.3. The molecule has 5 heteroatoms. The Morgan fingerprint density at radius 3 is 2.54 bits per heavy atom. The van der Waals surface area contributed by atoms with Gasteiger partial charge in [0.1, 0.15) is 0 Å². The van der Waals surface area contributed by atoms with Crippen LogP contribution in [0.2, 0.25) is 0 Å². The zero-order valence-electron chi connectivity index (χ0n) is 13.8. The van der Waals surface area contributed by atoms with E-state index in [1.54, 1.807) is 4.57 Å². The van der Waals surface area contributed by atoms with E-state index in [0.29, 0.717) is 28.2 Å². The number of aromatic nitrogens is 2. The molecular formula is C19H20N2O2S. The van der Waals surface area contributed by atoms with Gasteiger partial charge in [-0.15, -0.1) is 0 Å². The van der Waals surface area contributed by atoms with Crippen molar-refractivity contribution >= 4 is 22.7 Å². The molecule has 1 N–H and O–H groups in total. The summed E-state index contributed by atoms with van der Waals surface area (Å²) >= 11 is 1.50. The number of aliphatic hydroxyl groups is 1. The van der Waals surface area contributed by atoms with Crippen molar-refractivity contribution in [1.82, 2.24) is 9.55 Å². The molecular weight excluding hydrogens is 320 g/mol. The van der Waals surface area contributed by atoms with Gasteiger partial charge in [0.05, 0.1) is 16.6 Å². The van der Waals surface area contributed by atoms with Crippen LogP contribution in [0, 0.1) is 13.8 Å². The molecule has 0 fully saturated rings. The van der Waals surface area contributed by atoms with E-state index in [4.69, 9.17) is 5.11 Å². The lowest BCUT2D eigenvalue weighted by Gasteiger charge is -2.14. The molecule has 0 radical (unpaired) electrons. The maximum Gasteiger partial charge on any atom is 0.266 e. The molecule has 1 aromatic heterocycles. The van der Waals surface area contributed by atoms with Gasteiger partial charge in [-0.3, -0.25) is 9.36 Å². The Morgan fingerprint density at radius 1 is 1.12 bits per heavy atom. The maximum atomic E-state index is 13.1. The molecule has 0 saturated heterocycles. The second kappa shape index (κ2) is 7.20. The van der Waals surface area contributed by atoms with Crippen LogP contribution in [0.3, 0.4) is 0 Å². The van der Waals surface area contributed by atoms with Crippen molar-refractivity contribution in [2.24, 2.45) is 0 Å². The number of thioether (sulfide) groups is 1. The fourth-order valence-electron chi connectivity index (χ4n) is 2.74. The molecule has 3 rings (SSSR count). The number of benzene rings is 2. The average Bonchev–Trinajstić information content (AvgIpc) is 2.54. The fraction of sp³-hybridized carbons (Fsp3) is 0.263. The fourth-order valence-corrected chi connectivity index (χ4v) is 3.68. The average molecular weight is 340 g/mol. The first kappa shape index (κ1) is 16.7. The molecule has 24 heavy (non-hydrogen) atoms. The van der Waals surface area contributed by atoms with Crippen LogP contribution in [0.1, 0.15) is 17.5 Å². The molecule has 124 valence electrons. The first-order chi connectivity index (χ1) is 11.6. The predicted octanol–water partition coefficient (Wildman–Crippen LogP) is 3.48. The van der Waals surface area contributed by atoms with E-state index >= 15 is 0 Å². The Morgan fingerprint density at radius 2 is 1.83 bits per heavy atom. The van der Waals surface area contributed by atoms with E-state index in [1.165, 1.54) is 11.8 Å². The zero-order chi connectivity index (χ0) is 17.1.